The first-order chi connectivity index (χ1) is 14.4. The molecular weight excluding hydrogens is 436 g/mol. The summed E-state index contributed by atoms with van der Waals surface area (Å²) in [5, 5.41) is 24.6. The molecule has 0 aliphatic heterocycles. The predicted molar refractivity (Wildman–Crippen MR) is 109 cm³/mol. The van der Waals surface area contributed by atoms with Gasteiger partial charge < -0.3 is 43.4 Å². The van der Waals surface area contributed by atoms with Gasteiger partial charge in [-0.05, 0) is 12.8 Å². The van der Waals surface area contributed by atoms with Crippen LogP contribution >= 0.6 is 12.6 Å². The molecule has 0 bridgehead atoms. The van der Waals surface area contributed by atoms with Gasteiger partial charge in [-0.15, -0.1) is 0 Å². The zero-order valence-corrected chi connectivity index (χ0v) is 17.5. The molecule has 0 fully saturated rings. The van der Waals surface area contributed by atoms with Crippen LogP contribution in [0.4, 0.5) is 0 Å². The van der Waals surface area contributed by atoms with Crippen LogP contribution < -0.4 is 33.2 Å². The molecule has 4 unspecified atom stereocenters. The maximum absolute atomic E-state index is 12.7. The van der Waals surface area contributed by atoms with Crippen LogP contribution in [0.25, 0.3) is 0 Å². The van der Waals surface area contributed by atoms with Crippen molar-refractivity contribution in [1.29, 1.82) is 0 Å². The largest absolute Gasteiger partial charge is 0.480 e. The van der Waals surface area contributed by atoms with Crippen molar-refractivity contribution >= 4 is 48.1 Å². The van der Waals surface area contributed by atoms with E-state index in [4.69, 9.17) is 27.4 Å². The van der Waals surface area contributed by atoms with Crippen molar-refractivity contribution in [3.05, 3.63) is 0 Å². The molecule has 31 heavy (non-hydrogen) atoms. The normalized spacial score (nSPS) is 14.4. The molecule has 4 atom stereocenters. The summed E-state index contributed by atoms with van der Waals surface area (Å²) in [4.78, 5) is 70.2. The number of rotatable bonds is 15. The molecule has 0 aromatic rings. The van der Waals surface area contributed by atoms with Gasteiger partial charge in [0.1, 0.15) is 18.1 Å². The second kappa shape index (κ2) is 14.2. The second-order valence-corrected chi connectivity index (χ2v) is 6.87. The summed E-state index contributed by atoms with van der Waals surface area (Å²) >= 11 is 3.88. The topological polar surface area (TPSA) is 257 Å². The average Bonchev–Trinajstić information content (AvgIpc) is 2.70. The van der Waals surface area contributed by atoms with E-state index >= 15 is 0 Å². The SMILES string of the molecule is NC(=O)CCC(NC(=O)C(N)CS)C(=O)NC(CCC(N)=O)C(=O)NC(CO)C(=O)O. The van der Waals surface area contributed by atoms with Crippen molar-refractivity contribution < 1.29 is 39.0 Å². The Kier molecular flexibility index (Phi) is 12.8. The maximum atomic E-state index is 12.7. The third kappa shape index (κ3) is 11.2. The maximum Gasteiger partial charge on any atom is 0.328 e. The Balaban J connectivity index is 5.48. The van der Waals surface area contributed by atoms with E-state index in [0.717, 1.165) is 0 Å². The number of nitrogens with two attached hydrogens (primary N) is 3. The smallest absolute Gasteiger partial charge is 0.328 e. The van der Waals surface area contributed by atoms with E-state index in [9.17, 15) is 28.8 Å². The fourth-order valence-electron chi connectivity index (χ4n) is 2.20. The van der Waals surface area contributed by atoms with E-state index < -0.39 is 66.3 Å². The number of hydrogen-bond donors (Lipinski definition) is 9. The first-order valence-electron chi connectivity index (χ1n) is 9.10. The van der Waals surface area contributed by atoms with Crippen LogP contribution in [-0.4, -0.2) is 82.2 Å². The van der Waals surface area contributed by atoms with Gasteiger partial charge in [0, 0.05) is 18.6 Å². The number of aliphatic hydroxyl groups is 1. The van der Waals surface area contributed by atoms with Crippen molar-refractivity contribution in [2.45, 2.75) is 49.9 Å². The van der Waals surface area contributed by atoms with Gasteiger partial charge >= 0.3 is 5.97 Å². The molecule has 5 amide bonds. The summed E-state index contributed by atoms with van der Waals surface area (Å²) in [5.74, 6) is -5.77. The zero-order chi connectivity index (χ0) is 24.1. The highest BCUT2D eigenvalue weighted by Crippen LogP contribution is 2.04. The van der Waals surface area contributed by atoms with Gasteiger partial charge in [-0.2, -0.15) is 12.6 Å². The summed E-state index contributed by atoms with van der Waals surface area (Å²) in [6.07, 6.45) is -1.13. The Bertz CT molecular complexity index is 691. The van der Waals surface area contributed by atoms with Gasteiger partial charge in [0.25, 0.3) is 0 Å². The van der Waals surface area contributed by atoms with Crippen LogP contribution in [-0.2, 0) is 28.8 Å². The minimum atomic E-state index is -1.65. The summed E-state index contributed by atoms with van der Waals surface area (Å²) in [6.45, 7) is -0.920. The highest BCUT2D eigenvalue weighted by atomic mass is 32.1. The Labute approximate surface area is 183 Å². The molecule has 0 rings (SSSR count). The highest BCUT2D eigenvalue weighted by molar-refractivity contribution is 7.80. The van der Waals surface area contributed by atoms with Crippen LogP contribution in [0, 0.1) is 0 Å². The third-order valence-electron chi connectivity index (χ3n) is 3.96. The molecular formula is C16H28N6O8S. The monoisotopic (exact) mass is 464 g/mol. The van der Waals surface area contributed by atoms with Crippen molar-refractivity contribution in [3.63, 3.8) is 0 Å². The fraction of sp³-hybridized carbons (Fsp3) is 0.625. The number of carboxylic acids is 1. The number of primary amides is 2. The van der Waals surface area contributed by atoms with Gasteiger partial charge in [0.15, 0.2) is 0 Å². The minimum Gasteiger partial charge on any atom is -0.480 e. The van der Waals surface area contributed by atoms with Crippen LogP contribution in [0.15, 0.2) is 0 Å². The lowest BCUT2D eigenvalue weighted by atomic mass is 10.1. The molecule has 0 heterocycles. The van der Waals surface area contributed by atoms with Gasteiger partial charge in [0.2, 0.25) is 29.5 Å². The molecule has 0 saturated carbocycles. The second-order valence-electron chi connectivity index (χ2n) is 6.50. The van der Waals surface area contributed by atoms with Crippen molar-refractivity contribution in [2.24, 2.45) is 17.2 Å². The third-order valence-corrected chi connectivity index (χ3v) is 4.35. The first-order valence-corrected chi connectivity index (χ1v) is 9.73. The highest BCUT2D eigenvalue weighted by Gasteiger charge is 2.30. The summed E-state index contributed by atoms with van der Waals surface area (Å²) in [5.41, 5.74) is 15.7. The molecule has 0 saturated heterocycles. The quantitative estimate of drug-likeness (QED) is 0.105. The lowest BCUT2D eigenvalue weighted by Crippen LogP contribution is -2.57. The van der Waals surface area contributed by atoms with Crippen LogP contribution in [0.3, 0.4) is 0 Å². The number of carbonyl (C=O) groups excluding carboxylic acids is 5. The van der Waals surface area contributed by atoms with Crippen molar-refractivity contribution in [3.8, 4) is 0 Å². The number of thiol groups is 1. The van der Waals surface area contributed by atoms with Crippen molar-refractivity contribution in [2.75, 3.05) is 12.4 Å². The Morgan fingerprint density at radius 2 is 1.16 bits per heavy atom. The summed E-state index contributed by atoms with van der Waals surface area (Å²) < 4.78 is 0. The average molecular weight is 465 g/mol. The lowest BCUT2D eigenvalue weighted by molar-refractivity contribution is -0.143. The van der Waals surface area contributed by atoms with E-state index in [1.807, 2.05) is 5.32 Å². The number of nitrogens with one attached hydrogen (secondary N) is 3. The van der Waals surface area contributed by atoms with E-state index in [0.29, 0.717) is 0 Å². The number of carbonyl (C=O) groups is 6. The predicted octanol–water partition coefficient (Wildman–Crippen LogP) is -4.69. The van der Waals surface area contributed by atoms with Gasteiger partial charge in [-0.25, -0.2) is 4.79 Å². The molecule has 14 nitrogen and oxygen atoms in total. The Hall–Kier alpha value is -2.91. The van der Waals surface area contributed by atoms with Crippen molar-refractivity contribution in [1.82, 2.24) is 16.0 Å². The molecule has 0 aliphatic rings. The van der Waals surface area contributed by atoms with Crippen LogP contribution in [0.5, 0.6) is 0 Å². The standard InChI is InChI=1S/C16H28N6O8S/c17-7(6-31)13(26)20-8(1-3-11(18)24)14(27)21-9(2-4-12(19)25)15(28)22-10(5-23)16(29)30/h7-10,23,31H,1-6,17H2,(H2,18,24)(H2,19,25)(H,20,26)(H,21,27)(H,22,28)(H,29,30). The fourth-order valence-corrected chi connectivity index (χ4v) is 2.37. The number of aliphatic hydroxyl groups excluding tert-OH is 1. The van der Waals surface area contributed by atoms with Gasteiger partial charge in [0.05, 0.1) is 12.6 Å². The Morgan fingerprint density at radius 3 is 1.48 bits per heavy atom. The summed E-state index contributed by atoms with van der Waals surface area (Å²) in [7, 11) is 0. The van der Waals surface area contributed by atoms with Gasteiger partial charge in [-0.1, -0.05) is 0 Å². The Morgan fingerprint density at radius 1 is 0.774 bits per heavy atom. The van der Waals surface area contributed by atoms with Crippen LogP contribution in [0.1, 0.15) is 25.7 Å². The van der Waals surface area contributed by atoms with E-state index in [-0.39, 0.29) is 31.4 Å². The molecule has 0 aliphatic carbocycles. The van der Waals surface area contributed by atoms with E-state index in [1.165, 1.54) is 0 Å². The lowest BCUT2D eigenvalue weighted by Gasteiger charge is -2.24. The van der Waals surface area contributed by atoms with E-state index in [1.54, 1.807) is 0 Å². The molecule has 0 spiro atoms. The molecule has 15 heteroatoms. The number of carboxylic acid groups (broad SMARTS) is 1. The molecule has 176 valence electrons. The number of amides is 5. The minimum absolute atomic E-state index is 0.0304. The van der Waals surface area contributed by atoms with Crippen LogP contribution in [0.2, 0.25) is 0 Å². The number of aliphatic carboxylic acids is 1. The molecule has 11 N–H and O–H groups in total. The molecule has 0 aromatic heterocycles. The van der Waals surface area contributed by atoms with Gasteiger partial charge in [-0.3, -0.25) is 24.0 Å². The zero-order valence-electron chi connectivity index (χ0n) is 16.6. The summed E-state index contributed by atoms with van der Waals surface area (Å²) in [6, 6.07) is -5.45. The number of hydrogen-bond acceptors (Lipinski definition) is 9. The first kappa shape index (κ1) is 28.1. The molecule has 0 aromatic carbocycles. The molecule has 0 radical (unpaired) electrons. The van der Waals surface area contributed by atoms with E-state index in [2.05, 4.69) is 23.3 Å².